The van der Waals surface area contributed by atoms with Crippen LogP contribution in [-0.2, 0) is 0 Å². The summed E-state index contributed by atoms with van der Waals surface area (Å²) in [6.07, 6.45) is 4.45. The molecule has 2 amide bonds. The summed E-state index contributed by atoms with van der Waals surface area (Å²) in [4.78, 5) is 13.8. The van der Waals surface area contributed by atoms with E-state index in [-0.39, 0.29) is 6.03 Å². The van der Waals surface area contributed by atoms with Gasteiger partial charge in [0.15, 0.2) is 0 Å². The number of carbonyl (C=O) groups excluding carboxylic acids is 1. The van der Waals surface area contributed by atoms with Crippen molar-refractivity contribution in [3.05, 3.63) is 36.5 Å². The van der Waals surface area contributed by atoms with Crippen LogP contribution in [-0.4, -0.2) is 19.1 Å². The number of nitrogens with zero attached hydrogens (tertiary/aromatic N) is 1. The molecule has 2 N–H and O–H groups in total. The molecule has 0 aromatic heterocycles. The number of carbonyl (C=O) groups is 1. The van der Waals surface area contributed by atoms with Gasteiger partial charge < -0.3 is 15.5 Å². The predicted octanol–water partition coefficient (Wildman–Crippen LogP) is 3.58. The van der Waals surface area contributed by atoms with E-state index < -0.39 is 0 Å². The molecule has 1 aromatic rings. The maximum Gasteiger partial charge on any atom is 0.323 e. The van der Waals surface area contributed by atoms with Crippen LogP contribution in [0.5, 0.6) is 0 Å². The normalized spacial score (nSPS) is 10.5. The van der Waals surface area contributed by atoms with Crippen LogP contribution < -0.4 is 15.5 Å². The lowest BCUT2D eigenvalue weighted by Crippen LogP contribution is -2.24. The Hall–Kier alpha value is -1.97. The highest BCUT2D eigenvalue weighted by molar-refractivity contribution is 5.90. The van der Waals surface area contributed by atoms with Gasteiger partial charge in [0.1, 0.15) is 0 Å². The molecule has 1 aromatic carbocycles. The third kappa shape index (κ3) is 5.04. The summed E-state index contributed by atoms with van der Waals surface area (Å²) in [6.45, 7) is 8.23. The summed E-state index contributed by atoms with van der Waals surface area (Å²) >= 11 is 0. The van der Waals surface area contributed by atoms with Crippen molar-refractivity contribution in [1.29, 1.82) is 0 Å². The third-order valence-electron chi connectivity index (χ3n) is 2.82. The highest BCUT2D eigenvalue weighted by Gasteiger charge is 2.02. The van der Waals surface area contributed by atoms with Crippen molar-refractivity contribution < 1.29 is 4.79 Å². The molecule has 0 unspecified atom stereocenters. The van der Waals surface area contributed by atoms with Gasteiger partial charge in [-0.25, -0.2) is 4.79 Å². The van der Waals surface area contributed by atoms with Crippen LogP contribution in [0.1, 0.15) is 27.2 Å². The van der Waals surface area contributed by atoms with Crippen molar-refractivity contribution in [1.82, 2.24) is 5.32 Å². The molecule has 0 spiro atoms. The van der Waals surface area contributed by atoms with Crippen molar-refractivity contribution >= 4 is 17.4 Å². The molecule has 0 heterocycles. The summed E-state index contributed by atoms with van der Waals surface area (Å²) in [5.41, 5.74) is 1.96. The van der Waals surface area contributed by atoms with Gasteiger partial charge >= 0.3 is 6.03 Å². The molecule has 104 valence electrons. The Bertz CT molecular complexity index is 408. The van der Waals surface area contributed by atoms with Crippen molar-refractivity contribution in [2.75, 3.05) is 23.3 Å². The Morgan fingerprint density at radius 3 is 2.32 bits per heavy atom. The third-order valence-corrected chi connectivity index (χ3v) is 2.82. The van der Waals surface area contributed by atoms with E-state index in [0.29, 0.717) is 0 Å². The molecule has 0 fully saturated rings. The number of urea groups is 1. The van der Waals surface area contributed by atoms with Crippen LogP contribution in [0.2, 0.25) is 0 Å². The van der Waals surface area contributed by atoms with Gasteiger partial charge in [0.05, 0.1) is 0 Å². The molecule has 0 saturated carbocycles. The van der Waals surface area contributed by atoms with Gasteiger partial charge in [0, 0.05) is 30.7 Å². The molecule has 0 radical (unpaired) electrons. The lowest BCUT2D eigenvalue weighted by atomic mass is 10.2. The summed E-state index contributed by atoms with van der Waals surface area (Å²) < 4.78 is 0. The minimum Gasteiger partial charge on any atom is -0.372 e. The number of benzene rings is 1. The monoisotopic (exact) mass is 261 g/mol. The first-order chi connectivity index (χ1) is 9.21. The number of rotatable bonds is 6. The second-order valence-electron chi connectivity index (χ2n) is 4.13. The van der Waals surface area contributed by atoms with Crippen LogP contribution >= 0.6 is 0 Å². The van der Waals surface area contributed by atoms with E-state index in [1.165, 1.54) is 5.69 Å². The quantitative estimate of drug-likeness (QED) is 0.822. The predicted molar refractivity (Wildman–Crippen MR) is 81.6 cm³/mol. The molecular weight excluding hydrogens is 238 g/mol. The van der Waals surface area contributed by atoms with Gasteiger partial charge in [-0.2, -0.15) is 0 Å². The first-order valence-electron chi connectivity index (χ1n) is 6.78. The van der Waals surface area contributed by atoms with E-state index in [0.717, 1.165) is 25.2 Å². The van der Waals surface area contributed by atoms with Crippen molar-refractivity contribution in [2.45, 2.75) is 27.2 Å². The smallest absolute Gasteiger partial charge is 0.323 e. The van der Waals surface area contributed by atoms with E-state index in [1.807, 2.05) is 37.3 Å². The van der Waals surface area contributed by atoms with Gasteiger partial charge in [-0.05, 0) is 44.5 Å². The molecule has 4 nitrogen and oxygen atoms in total. The topological polar surface area (TPSA) is 44.4 Å². The lowest BCUT2D eigenvalue weighted by molar-refractivity contribution is 0.255. The molecule has 0 atom stereocenters. The number of allylic oxidation sites excluding steroid dienone is 1. The highest BCUT2D eigenvalue weighted by atomic mass is 16.2. The summed E-state index contributed by atoms with van der Waals surface area (Å²) in [7, 11) is 0. The SMILES string of the molecule is CC/C=C/NC(=O)Nc1ccc(N(CC)CC)cc1. The lowest BCUT2D eigenvalue weighted by Gasteiger charge is -2.21. The zero-order valence-electron chi connectivity index (χ0n) is 11.9. The zero-order valence-corrected chi connectivity index (χ0v) is 11.9. The summed E-state index contributed by atoms with van der Waals surface area (Å²) in [6, 6.07) is 7.64. The van der Waals surface area contributed by atoms with Gasteiger partial charge in [0.2, 0.25) is 0 Å². The Balaban J connectivity index is 2.56. The summed E-state index contributed by atoms with van der Waals surface area (Å²) in [5, 5.41) is 5.43. The van der Waals surface area contributed by atoms with Crippen LogP contribution in [0, 0.1) is 0 Å². The molecule has 0 saturated heterocycles. The van der Waals surface area contributed by atoms with E-state index in [1.54, 1.807) is 6.20 Å². The fourth-order valence-corrected chi connectivity index (χ4v) is 1.76. The number of hydrogen-bond donors (Lipinski definition) is 2. The molecule has 0 aliphatic rings. The molecule has 0 bridgehead atoms. The molecule has 0 aliphatic heterocycles. The first kappa shape index (κ1) is 15.1. The van der Waals surface area contributed by atoms with Gasteiger partial charge in [-0.15, -0.1) is 0 Å². The van der Waals surface area contributed by atoms with Crippen molar-refractivity contribution in [3.63, 3.8) is 0 Å². The number of nitrogens with one attached hydrogen (secondary N) is 2. The maximum atomic E-state index is 11.5. The fraction of sp³-hybridized carbons (Fsp3) is 0.400. The van der Waals surface area contributed by atoms with Gasteiger partial charge in [-0.1, -0.05) is 13.0 Å². The van der Waals surface area contributed by atoms with Gasteiger partial charge in [-0.3, -0.25) is 0 Å². The van der Waals surface area contributed by atoms with Crippen molar-refractivity contribution in [2.24, 2.45) is 0 Å². The van der Waals surface area contributed by atoms with E-state index in [9.17, 15) is 4.79 Å². The number of hydrogen-bond acceptors (Lipinski definition) is 2. The molecule has 19 heavy (non-hydrogen) atoms. The highest BCUT2D eigenvalue weighted by Crippen LogP contribution is 2.17. The molecule has 1 rings (SSSR count). The molecule has 4 heteroatoms. The van der Waals surface area contributed by atoms with Crippen LogP contribution in [0.15, 0.2) is 36.5 Å². The molecule has 0 aliphatic carbocycles. The Labute approximate surface area is 115 Å². The van der Waals surface area contributed by atoms with E-state index in [4.69, 9.17) is 0 Å². The summed E-state index contributed by atoms with van der Waals surface area (Å²) in [5.74, 6) is 0. The Morgan fingerprint density at radius 2 is 1.79 bits per heavy atom. The second kappa shape index (κ2) is 8.19. The minimum atomic E-state index is -0.222. The molecular formula is C15H23N3O. The first-order valence-corrected chi connectivity index (χ1v) is 6.78. The van der Waals surface area contributed by atoms with E-state index in [2.05, 4.69) is 29.4 Å². The second-order valence-corrected chi connectivity index (χ2v) is 4.13. The fourth-order valence-electron chi connectivity index (χ4n) is 1.76. The van der Waals surface area contributed by atoms with Crippen LogP contribution in [0.4, 0.5) is 16.2 Å². The minimum absolute atomic E-state index is 0.222. The maximum absolute atomic E-state index is 11.5. The Kier molecular flexibility index (Phi) is 6.50. The van der Waals surface area contributed by atoms with Gasteiger partial charge in [0.25, 0.3) is 0 Å². The largest absolute Gasteiger partial charge is 0.372 e. The van der Waals surface area contributed by atoms with E-state index >= 15 is 0 Å². The standard InChI is InChI=1S/C15H23N3O/c1-4-7-12-16-15(19)17-13-8-10-14(11-9-13)18(5-2)6-3/h7-12H,4-6H2,1-3H3,(H2,16,17,19)/b12-7+. The zero-order chi connectivity index (χ0) is 14.1. The average molecular weight is 261 g/mol. The van der Waals surface area contributed by atoms with Crippen LogP contribution in [0.25, 0.3) is 0 Å². The number of amides is 2. The van der Waals surface area contributed by atoms with Crippen LogP contribution in [0.3, 0.4) is 0 Å². The Morgan fingerprint density at radius 1 is 1.16 bits per heavy atom. The van der Waals surface area contributed by atoms with Crippen molar-refractivity contribution in [3.8, 4) is 0 Å². The number of anilines is 2. The average Bonchev–Trinajstić information content (AvgIpc) is 2.42.